The maximum atomic E-state index is 6.23. The van der Waals surface area contributed by atoms with E-state index in [4.69, 9.17) is 39.5 Å². The summed E-state index contributed by atoms with van der Waals surface area (Å²) in [4.78, 5) is 0. The summed E-state index contributed by atoms with van der Waals surface area (Å²) in [6, 6.07) is 19.6. The Morgan fingerprint density at radius 3 is 2.43 bits per heavy atom. The molecule has 0 aliphatic rings. The Morgan fingerprint density at radius 2 is 1.64 bits per heavy atom. The lowest BCUT2D eigenvalue weighted by Gasteiger charge is -2.13. The second-order valence-electron chi connectivity index (χ2n) is 6.69. The molecule has 0 spiro atoms. The molecule has 0 fully saturated rings. The summed E-state index contributed by atoms with van der Waals surface area (Å²) in [6.45, 7) is 4.05. The molecule has 0 unspecified atom stereocenters. The fraction of sp³-hybridized carbons (Fsp3) is 0.217. The number of hydrogen-bond donors (Lipinski definition) is 1. The molecule has 0 saturated heterocycles. The van der Waals surface area contributed by atoms with Crippen molar-refractivity contribution in [1.29, 1.82) is 0 Å². The Morgan fingerprint density at radius 1 is 0.857 bits per heavy atom. The average molecular weight is 435 g/mol. The molecular formula is C23H22Cl3NO. The lowest BCUT2D eigenvalue weighted by molar-refractivity contribution is 0.302. The number of hydrogen-bond acceptors (Lipinski definition) is 2. The predicted molar refractivity (Wildman–Crippen MR) is 119 cm³/mol. The van der Waals surface area contributed by atoms with Crippen LogP contribution in [-0.2, 0) is 19.6 Å². The molecule has 0 aromatic heterocycles. The topological polar surface area (TPSA) is 21.3 Å². The van der Waals surface area contributed by atoms with Gasteiger partial charge in [0.2, 0.25) is 0 Å². The van der Waals surface area contributed by atoms with Crippen molar-refractivity contribution in [2.75, 3.05) is 6.54 Å². The minimum Gasteiger partial charge on any atom is -0.489 e. The summed E-state index contributed by atoms with van der Waals surface area (Å²) >= 11 is 18.4. The molecule has 5 heteroatoms. The van der Waals surface area contributed by atoms with Crippen molar-refractivity contribution in [2.24, 2.45) is 0 Å². The molecular weight excluding hydrogens is 413 g/mol. The van der Waals surface area contributed by atoms with Crippen LogP contribution in [0.3, 0.4) is 0 Å². The Labute approximate surface area is 181 Å². The lowest BCUT2D eigenvalue weighted by Crippen LogP contribution is -2.17. The zero-order valence-electron chi connectivity index (χ0n) is 15.6. The van der Waals surface area contributed by atoms with Crippen LogP contribution in [0.4, 0.5) is 0 Å². The van der Waals surface area contributed by atoms with Crippen molar-refractivity contribution >= 4 is 34.8 Å². The fourth-order valence-electron chi connectivity index (χ4n) is 2.96. The van der Waals surface area contributed by atoms with Crippen molar-refractivity contribution in [1.82, 2.24) is 5.32 Å². The molecule has 0 aliphatic heterocycles. The monoisotopic (exact) mass is 433 g/mol. The van der Waals surface area contributed by atoms with Gasteiger partial charge < -0.3 is 10.1 Å². The second-order valence-corrected chi connectivity index (χ2v) is 7.97. The SMILES string of the molecule is Cc1cccc(COc2ccc(Cl)cc2CNCCc2ccc(Cl)cc2Cl)c1. The Bertz CT molecular complexity index is 943. The summed E-state index contributed by atoms with van der Waals surface area (Å²) in [6.07, 6.45) is 0.816. The third kappa shape index (κ3) is 6.15. The first kappa shape index (κ1) is 21.0. The van der Waals surface area contributed by atoms with Crippen molar-refractivity contribution in [3.63, 3.8) is 0 Å². The number of halogens is 3. The van der Waals surface area contributed by atoms with Gasteiger partial charge >= 0.3 is 0 Å². The minimum atomic E-state index is 0.524. The van der Waals surface area contributed by atoms with Gasteiger partial charge in [-0.25, -0.2) is 0 Å². The normalized spacial score (nSPS) is 10.9. The zero-order chi connectivity index (χ0) is 19.9. The van der Waals surface area contributed by atoms with E-state index in [-0.39, 0.29) is 0 Å². The first-order valence-corrected chi connectivity index (χ1v) is 10.3. The van der Waals surface area contributed by atoms with Crippen LogP contribution in [0, 0.1) is 6.92 Å². The van der Waals surface area contributed by atoms with Crippen LogP contribution in [0.2, 0.25) is 15.1 Å². The van der Waals surface area contributed by atoms with Crippen LogP contribution in [0.15, 0.2) is 60.7 Å². The van der Waals surface area contributed by atoms with Gasteiger partial charge in [0.25, 0.3) is 0 Å². The fourth-order valence-corrected chi connectivity index (χ4v) is 3.66. The molecule has 0 bridgehead atoms. The Hall–Kier alpha value is -1.71. The number of rotatable bonds is 8. The third-order valence-corrected chi connectivity index (χ3v) is 5.22. The number of nitrogens with one attached hydrogen (secondary N) is 1. The Kier molecular flexibility index (Phi) is 7.64. The highest BCUT2D eigenvalue weighted by Crippen LogP contribution is 2.24. The van der Waals surface area contributed by atoms with E-state index in [9.17, 15) is 0 Å². The van der Waals surface area contributed by atoms with Gasteiger partial charge in [-0.1, -0.05) is 70.7 Å². The molecule has 1 N–H and O–H groups in total. The standard InChI is InChI=1S/C23H22Cl3NO/c1-16-3-2-4-17(11-16)15-28-23-8-7-20(24)12-19(23)14-27-10-9-18-5-6-21(25)13-22(18)26/h2-8,11-13,27H,9-10,14-15H2,1H3. The highest BCUT2D eigenvalue weighted by Gasteiger charge is 2.07. The third-order valence-electron chi connectivity index (χ3n) is 4.40. The smallest absolute Gasteiger partial charge is 0.124 e. The van der Waals surface area contributed by atoms with Crippen LogP contribution < -0.4 is 10.1 Å². The van der Waals surface area contributed by atoms with Gasteiger partial charge in [0.05, 0.1) is 0 Å². The zero-order valence-corrected chi connectivity index (χ0v) is 17.9. The average Bonchev–Trinajstić information content (AvgIpc) is 2.66. The molecule has 0 heterocycles. The van der Waals surface area contributed by atoms with Crippen molar-refractivity contribution in [2.45, 2.75) is 26.5 Å². The van der Waals surface area contributed by atoms with Gasteiger partial charge in [-0.15, -0.1) is 0 Å². The molecule has 3 aromatic rings. The van der Waals surface area contributed by atoms with E-state index in [0.717, 1.165) is 35.4 Å². The summed E-state index contributed by atoms with van der Waals surface area (Å²) in [5.41, 5.74) is 4.47. The number of ether oxygens (including phenoxy) is 1. The van der Waals surface area contributed by atoms with E-state index < -0.39 is 0 Å². The first-order valence-electron chi connectivity index (χ1n) is 9.12. The number of benzene rings is 3. The van der Waals surface area contributed by atoms with Gasteiger partial charge in [0, 0.05) is 27.2 Å². The lowest BCUT2D eigenvalue weighted by atomic mass is 10.1. The van der Waals surface area contributed by atoms with Crippen molar-refractivity contribution < 1.29 is 4.74 Å². The van der Waals surface area contributed by atoms with E-state index >= 15 is 0 Å². The van der Waals surface area contributed by atoms with Gasteiger partial charge in [-0.2, -0.15) is 0 Å². The van der Waals surface area contributed by atoms with Gasteiger partial charge in [-0.05, 0) is 61.3 Å². The molecule has 0 amide bonds. The molecule has 0 radical (unpaired) electrons. The van der Waals surface area contributed by atoms with Crippen molar-refractivity contribution in [3.05, 3.63) is 98.0 Å². The van der Waals surface area contributed by atoms with Crippen molar-refractivity contribution in [3.8, 4) is 5.75 Å². The molecule has 0 atom stereocenters. The molecule has 3 rings (SSSR count). The van der Waals surface area contributed by atoms with Crippen LogP contribution in [0.1, 0.15) is 22.3 Å². The molecule has 3 aromatic carbocycles. The summed E-state index contributed by atoms with van der Waals surface area (Å²) in [5, 5.41) is 5.47. The molecule has 2 nitrogen and oxygen atoms in total. The van der Waals surface area contributed by atoms with Crippen LogP contribution in [0.25, 0.3) is 0 Å². The summed E-state index contributed by atoms with van der Waals surface area (Å²) in [7, 11) is 0. The minimum absolute atomic E-state index is 0.524. The predicted octanol–water partition coefficient (Wildman–Crippen LogP) is 6.87. The molecule has 146 valence electrons. The quantitative estimate of drug-likeness (QED) is 0.391. The summed E-state index contributed by atoms with van der Waals surface area (Å²) in [5.74, 6) is 0.836. The second kappa shape index (κ2) is 10.2. The van der Waals surface area contributed by atoms with Gasteiger partial charge in [0.1, 0.15) is 12.4 Å². The highest BCUT2D eigenvalue weighted by atomic mass is 35.5. The summed E-state index contributed by atoms with van der Waals surface area (Å²) < 4.78 is 6.05. The van der Waals surface area contributed by atoms with E-state index in [2.05, 4.69) is 30.4 Å². The number of aryl methyl sites for hydroxylation is 1. The van der Waals surface area contributed by atoms with Gasteiger partial charge in [0.15, 0.2) is 0 Å². The maximum Gasteiger partial charge on any atom is 0.124 e. The van der Waals surface area contributed by atoms with E-state index in [0.29, 0.717) is 28.2 Å². The largest absolute Gasteiger partial charge is 0.489 e. The van der Waals surface area contributed by atoms with E-state index in [1.807, 2.05) is 36.4 Å². The maximum absolute atomic E-state index is 6.23. The molecule has 28 heavy (non-hydrogen) atoms. The van der Waals surface area contributed by atoms with Crippen LogP contribution in [0.5, 0.6) is 5.75 Å². The Balaban J connectivity index is 1.57. The van der Waals surface area contributed by atoms with Crippen LogP contribution >= 0.6 is 34.8 Å². The highest BCUT2D eigenvalue weighted by molar-refractivity contribution is 6.35. The van der Waals surface area contributed by atoms with E-state index in [1.54, 1.807) is 6.07 Å². The van der Waals surface area contributed by atoms with Crippen LogP contribution in [-0.4, -0.2) is 6.54 Å². The first-order chi connectivity index (χ1) is 13.5. The molecule has 0 aliphatic carbocycles. The van der Waals surface area contributed by atoms with Gasteiger partial charge in [-0.3, -0.25) is 0 Å². The molecule has 0 saturated carbocycles. The van der Waals surface area contributed by atoms with E-state index in [1.165, 1.54) is 5.56 Å².